The molecule has 138 valence electrons. The zero-order chi connectivity index (χ0) is 17.4. The van der Waals surface area contributed by atoms with E-state index in [1.807, 2.05) is 17.9 Å². The third kappa shape index (κ3) is 3.36. The zero-order valence-corrected chi connectivity index (χ0v) is 15.5. The van der Waals surface area contributed by atoms with Gasteiger partial charge in [0.1, 0.15) is 0 Å². The SMILES string of the molecule is CCOC[C@H]1CCN(CC2CC2)C2(C1)CN(C(=O)c1occc1C)C2. The summed E-state index contributed by atoms with van der Waals surface area (Å²) < 4.78 is 11.1. The van der Waals surface area contributed by atoms with E-state index in [-0.39, 0.29) is 11.4 Å². The van der Waals surface area contributed by atoms with E-state index in [2.05, 4.69) is 11.8 Å². The molecule has 2 aliphatic heterocycles. The van der Waals surface area contributed by atoms with Crippen molar-refractivity contribution in [3.05, 3.63) is 23.7 Å². The molecule has 1 atom stereocenters. The van der Waals surface area contributed by atoms with Crippen molar-refractivity contribution in [1.29, 1.82) is 0 Å². The van der Waals surface area contributed by atoms with E-state index in [1.54, 1.807) is 6.26 Å². The summed E-state index contributed by atoms with van der Waals surface area (Å²) in [5, 5.41) is 0. The van der Waals surface area contributed by atoms with Crippen LogP contribution in [0.15, 0.2) is 16.7 Å². The van der Waals surface area contributed by atoms with Crippen LogP contribution >= 0.6 is 0 Å². The summed E-state index contributed by atoms with van der Waals surface area (Å²) in [6, 6.07) is 1.86. The van der Waals surface area contributed by atoms with E-state index in [0.717, 1.165) is 50.8 Å². The predicted molar refractivity (Wildman–Crippen MR) is 95.6 cm³/mol. The molecule has 1 amide bonds. The Morgan fingerprint density at radius 1 is 1.32 bits per heavy atom. The van der Waals surface area contributed by atoms with Crippen LogP contribution < -0.4 is 0 Å². The van der Waals surface area contributed by atoms with Crippen LogP contribution in [0.25, 0.3) is 0 Å². The molecular weight excluding hydrogens is 316 g/mol. The van der Waals surface area contributed by atoms with Crippen LogP contribution in [0.2, 0.25) is 0 Å². The third-order valence-corrected chi connectivity index (χ3v) is 6.19. The van der Waals surface area contributed by atoms with Crippen molar-refractivity contribution in [2.45, 2.75) is 45.1 Å². The minimum Gasteiger partial charge on any atom is -0.459 e. The van der Waals surface area contributed by atoms with Gasteiger partial charge in [0.2, 0.25) is 0 Å². The number of carbonyl (C=O) groups is 1. The number of ether oxygens (including phenoxy) is 1. The number of hydrogen-bond donors (Lipinski definition) is 0. The van der Waals surface area contributed by atoms with Gasteiger partial charge < -0.3 is 14.1 Å². The van der Waals surface area contributed by atoms with Crippen LogP contribution in [0.1, 0.15) is 48.7 Å². The first-order valence-electron chi connectivity index (χ1n) is 9.77. The zero-order valence-electron chi connectivity index (χ0n) is 15.5. The van der Waals surface area contributed by atoms with Gasteiger partial charge in [-0.3, -0.25) is 9.69 Å². The Hall–Kier alpha value is -1.33. The van der Waals surface area contributed by atoms with Crippen LogP contribution in [-0.2, 0) is 4.74 Å². The molecule has 0 unspecified atom stereocenters. The number of furan rings is 1. The Kier molecular flexibility index (Phi) is 4.63. The Morgan fingerprint density at radius 2 is 2.12 bits per heavy atom. The maximum Gasteiger partial charge on any atom is 0.289 e. The fraction of sp³-hybridized carbons (Fsp3) is 0.750. The van der Waals surface area contributed by atoms with Gasteiger partial charge in [-0.1, -0.05) is 0 Å². The maximum absolute atomic E-state index is 12.7. The molecule has 5 heteroatoms. The Bertz CT molecular complexity index is 616. The quantitative estimate of drug-likeness (QED) is 0.794. The van der Waals surface area contributed by atoms with Crippen molar-refractivity contribution >= 4 is 5.91 Å². The van der Waals surface area contributed by atoms with Gasteiger partial charge in [-0.15, -0.1) is 0 Å². The monoisotopic (exact) mass is 346 g/mol. The first kappa shape index (κ1) is 17.1. The van der Waals surface area contributed by atoms with Crippen LogP contribution in [0, 0.1) is 18.8 Å². The summed E-state index contributed by atoms with van der Waals surface area (Å²) >= 11 is 0. The third-order valence-electron chi connectivity index (χ3n) is 6.19. The average Bonchev–Trinajstić information content (AvgIpc) is 3.29. The van der Waals surface area contributed by atoms with Gasteiger partial charge in [0.25, 0.3) is 5.91 Å². The molecule has 3 fully saturated rings. The molecule has 1 aromatic heterocycles. The minimum absolute atomic E-state index is 0.0476. The molecule has 3 aliphatic rings. The molecule has 4 rings (SSSR count). The Morgan fingerprint density at radius 3 is 2.76 bits per heavy atom. The van der Waals surface area contributed by atoms with Crippen LogP contribution in [0.4, 0.5) is 0 Å². The van der Waals surface area contributed by atoms with Gasteiger partial charge in [-0.05, 0) is 64.0 Å². The van der Waals surface area contributed by atoms with Gasteiger partial charge in [-0.2, -0.15) is 0 Å². The first-order valence-corrected chi connectivity index (χ1v) is 9.77. The normalized spacial score (nSPS) is 26.0. The minimum atomic E-state index is 0.0476. The smallest absolute Gasteiger partial charge is 0.289 e. The van der Waals surface area contributed by atoms with E-state index in [1.165, 1.54) is 25.8 Å². The van der Waals surface area contributed by atoms with Crippen LogP contribution in [0.3, 0.4) is 0 Å². The molecule has 0 radical (unpaired) electrons. The standard InChI is InChI=1S/C20H30N2O3/c1-3-24-12-17-6-8-22(11-16-4-5-16)20(10-17)13-21(14-20)19(23)18-15(2)7-9-25-18/h7,9,16-17H,3-6,8,10-14H2,1-2H3/t17-/m0/s1. The van der Waals surface area contributed by atoms with Gasteiger partial charge in [-0.25, -0.2) is 0 Å². The molecule has 1 spiro atoms. The van der Waals surface area contributed by atoms with E-state index >= 15 is 0 Å². The molecule has 2 saturated heterocycles. The van der Waals surface area contributed by atoms with Crippen molar-refractivity contribution in [2.24, 2.45) is 11.8 Å². The number of rotatable bonds is 6. The van der Waals surface area contributed by atoms with Crippen molar-refractivity contribution in [1.82, 2.24) is 9.80 Å². The number of likely N-dealkylation sites (tertiary alicyclic amines) is 2. The number of carbonyl (C=O) groups excluding carboxylic acids is 1. The number of piperidine rings is 1. The highest BCUT2D eigenvalue weighted by Gasteiger charge is 2.53. The lowest BCUT2D eigenvalue weighted by Crippen LogP contribution is -2.73. The highest BCUT2D eigenvalue weighted by Crippen LogP contribution is 2.42. The van der Waals surface area contributed by atoms with E-state index in [4.69, 9.17) is 9.15 Å². The van der Waals surface area contributed by atoms with Gasteiger partial charge >= 0.3 is 0 Å². The summed E-state index contributed by atoms with van der Waals surface area (Å²) in [4.78, 5) is 17.4. The number of amides is 1. The number of nitrogens with zero attached hydrogens (tertiary/aromatic N) is 2. The molecule has 1 aromatic rings. The summed E-state index contributed by atoms with van der Waals surface area (Å²) in [7, 11) is 0. The molecule has 3 heterocycles. The fourth-order valence-corrected chi connectivity index (χ4v) is 4.54. The molecule has 0 aromatic carbocycles. The molecule has 1 saturated carbocycles. The van der Waals surface area contributed by atoms with E-state index in [0.29, 0.717) is 11.7 Å². The van der Waals surface area contributed by atoms with Crippen LogP contribution in [0.5, 0.6) is 0 Å². The van der Waals surface area contributed by atoms with E-state index in [9.17, 15) is 4.79 Å². The lowest BCUT2D eigenvalue weighted by Gasteiger charge is -2.59. The topological polar surface area (TPSA) is 45.9 Å². The lowest BCUT2D eigenvalue weighted by atomic mass is 9.74. The second-order valence-electron chi connectivity index (χ2n) is 8.23. The second-order valence-corrected chi connectivity index (χ2v) is 8.23. The second kappa shape index (κ2) is 6.76. The highest BCUT2D eigenvalue weighted by molar-refractivity contribution is 5.93. The molecule has 25 heavy (non-hydrogen) atoms. The lowest BCUT2D eigenvalue weighted by molar-refractivity contribution is -0.0893. The Balaban J connectivity index is 1.43. The van der Waals surface area contributed by atoms with Gasteiger partial charge in [0.05, 0.1) is 11.8 Å². The van der Waals surface area contributed by atoms with Crippen molar-refractivity contribution in [3.63, 3.8) is 0 Å². The molecule has 5 nitrogen and oxygen atoms in total. The maximum atomic E-state index is 12.7. The van der Waals surface area contributed by atoms with Gasteiger partial charge in [0.15, 0.2) is 5.76 Å². The summed E-state index contributed by atoms with van der Waals surface area (Å²) in [5.41, 5.74) is 1.09. The first-order chi connectivity index (χ1) is 12.1. The fourth-order valence-electron chi connectivity index (χ4n) is 4.54. The molecule has 0 bridgehead atoms. The predicted octanol–water partition coefficient (Wildman–Crippen LogP) is 2.94. The van der Waals surface area contributed by atoms with Crippen molar-refractivity contribution in [3.8, 4) is 0 Å². The van der Waals surface area contributed by atoms with Gasteiger partial charge in [0, 0.05) is 38.4 Å². The summed E-state index contributed by atoms with van der Waals surface area (Å²) in [6.45, 7) is 9.68. The van der Waals surface area contributed by atoms with Crippen molar-refractivity contribution in [2.75, 3.05) is 39.4 Å². The number of hydrogen-bond acceptors (Lipinski definition) is 4. The Labute approximate surface area is 150 Å². The molecule has 0 N–H and O–H groups in total. The summed E-state index contributed by atoms with van der Waals surface area (Å²) in [5.74, 6) is 2.06. The number of aryl methyl sites for hydroxylation is 1. The summed E-state index contributed by atoms with van der Waals surface area (Å²) in [6.07, 6.45) is 6.74. The molecular formula is C20H30N2O3. The van der Waals surface area contributed by atoms with Crippen molar-refractivity contribution < 1.29 is 13.9 Å². The molecule has 1 aliphatic carbocycles. The van der Waals surface area contributed by atoms with E-state index < -0.39 is 0 Å². The highest BCUT2D eigenvalue weighted by atomic mass is 16.5. The van der Waals surface area contributed by atoms with Crippen LogP contribution in [-0.4, -0.2) is 60.6 Å². The average molecular weight is 346 g/mol. The largest absolute Gasteiger partial charge is 0.459 e.